The second-order valence-electron chi connectivity index (χ2n) is 7.92. The first-order valence-electron chi connectivity index (χ1n) is 9.48. The fourth-order valence-corrected chi connectivity index (χ4v) is 5.03. The van der Waals surface area contributed by atoms with E-state index in [-0.39, 0.29) is 18.3 Å². The molecule has 3 aliphatic rings. The van der Waals surface area contributed by atoms with Crippen LogP contribution in [0.1, 0.15) is 37.7 Å². The maximum atomic E-state index is 13.6. The number of likely N-dealkylation sites (tertiary alicyclic amines) is 1. The van der Waals surface area contributed by atoms with Crippen molar-refractivity contribution in [3.05, 3.63) is 34.9 Å². The van der Waals surface area contributed by atoms with Crippen LogP contribution >= 0.6 is 24.0 Å². The second-order valence-corrected chi connectivity index (χ2v) is 8.36. The van der Waals surface area contributed by atoms with Gasteiger partial charge in [0, 0.05) is 37.9 Å². The number of nitrogens with one attached hydrogen (secondary N) is 1. The van der Waals surface area contributed by atoms with Crippen LogP contribution in [0, 0.1) is 5.41 Å². The lowest BCUT2D eigenvalue weighted by atomic mass is 9.71. The van der Waals surface area contributed by atoms with Crippen LogP contribution in [-0.4, -0.2) is 50.2 Å². The van der Waals surface area contributed by atoms with E-state index in [4.69, 9.17) is 16.3 Å². The average Bonchev–Trinajstić information content (AvgIpc) is 3.10. The summed E-state index contributed by atoms with van der Waals surface area (Å²) in [6, 6.07) is 7.86. The predicted octanol–water partition coefficient (Wildman–Crippen LogP) is 3.41. The van der Waals surface area contributed by atoms with E-state index in [1.165, 1.54) is 6.42 Å². The minimum absolute atomic E-state index is 0. The van der Waals surface area contributed by atoms with Crippen molar-refractivity contribution in [3.8, 4) is 0 Å². The zero-order valence-electron chi connectivity index (χ0n) is 15.1. The van der Waals surface area contributed by atoms with E-state index in [2.05, 4.69) is 16.3 Å². The number of benzene rings is 1. The van der Waals surface area contributed by atoms with Crippen LogP contribution in [0.15, 0.2) is 24.3 Å². The Morgan fingerprint density at radius 1 is 1.12 bits per heavy atom. The van der Waals surface area contributed by atoms with Gasteiger partial charge in [-0.15, -0.1) is 12.4 Å². The monoisotopic (exact) mass is 398 g/mol. The molecule has 1 N–H and O–H groups in total. The quantitative estimate of drug-likeness (QED) is 0.829. The molecule has 4 nitrogen and oxygen atoms in total. The molecule has 0 unspecified atom stereocenters. The Balaban J connectivity index is 0.00000196. The van der Waals surface area contributed by atoms with E-state index in [0.717, 1.165) is 57.4 Å². The lowest BCUT2D eigenvalue weighted by molar-refractivity contribution is -0.143. The summed E-state index contributed by atoms with van der Waals surface area (Å²) in [6.07, 6.45) is 4.98. The molecule has 6 heteroatoms. The van der Waals surface area contributed by atoms with Gasteiger partial charge in [0.1, 0.15) is 0 Å². The first-order chi connectivity index (χ1) is 12.1. The number of rotatable bonds is 2. The maximum absolute atomic E-state index is 13.6. The van der Waals surface area contributed by atoms with Crippen LogP contribution in [0.4, 0.5) is 0 Å². The van der Waals surface area contributed by atoms with Crippen LogP contribution in [0.3, 0.4) is 0 Å². The molecule has 1 aromatic rings. The third kappa shape index (κ3) is 3.62. The standard InChI is InChI=1S/C20H27ClN2O2.ClH/c21-17-3-1-2-16(14-17)20(7-12-25-13-8-20)18(24)23-10-5-19(6-11-23)4-9-22-15-19;/h1-3,14,22H,4-13,15H2;1H. The van der Waals surface area contributed by atoms with Gasteiger partial charge in [-0.25, -0.2) is 0 Å². The molecule has 0 bridgehead atoms. The lowest BCUT2D eigenvalue weighted by Gasteiger charge is -2.44. The van der Waals surface area contributed by atoms with Crippen LogP contribution in [0.5, 0.6) is 0 Å². The van der Waals surface area contributed by atoms with Gasteiger partial charge in [0.15, 0.2) is 0 Å². The fraction of sp³-hybridized carbons (Fsp3) is 0.650. The molecule has 144 valence electrons. The highest BCUT2D eigenvalue weighted by molar-refractivity contribution is 6.30. The van der Waals surface area contributed by atoms with Gasteiger partial charge in [-0.2, -0.15) is 0 Å². The van der Waals surface area contributed by atoms with E-state index >= 15 is 0 Å². The number of nitrogens with zero attached hydrogens (tertiary/aromatic N) is 1. The molecule has 0 saturated carbocycles. The van der Waals surface area contributed by atoms with Gasteiger partial charge in [-0.3, -0.25) is 4.79 Å². The van der Waals surface area contributed by atoms with Gasteiger partial charge in [-0.1, -0.05) is 23.7 Å². The van der Waals surface area contributed by atoms with Crippen molar-refractivity contribution in [1.29, 1.82) is 0 Å². The summed E-state index contributed by atoms with van der Waals surface area (Å²) in [4.78, 5) is 15.7. The van der Waals surface area contributed by atoms with E-state index in [0.29, 0.717) is 23.7 Å². The minimum Gasteiger partial charge on any atom is -0.381 e. The summed E-state index contributed by atoms with van der Waals surface area (Å²) in [7, 11) is 0. The molecule has 1 spiro atoms. The zero-order chi connectivity index (χ0) is 17.3. The number of ether oxygens (including phenoxy) is 1. The normalized spacial score (nSPS) is 24.3. The molecular formula is C20H28Cl2N2O2. The Labute approximate surface area is 167 Å². The van der Waals surface area contributed by atoms with Crippen LogP contribution < -0.4 is 5.32 Å². The number of amides is 1. The van der Waals surface area contributed by atoms with Gasteiger partial charge in [-0.05, 0) is 61.8 Å². The molecule has 3 heterocycles. The number of carbonyl (C=O) groups excluding carboxylic acids is 1. The van der Waals surface area contributed by atoms with E-state index in [9.17, 15) is 4.79 Å². The molecule has 4 rings (SSSR count). The largest absolute Gasteiger partial charge is 0.381 e. The van der Waals surface area contributed by atoms with Crippen molar-refractivity contribution in [2.75, 3.05) is 39.4 Å². The molecular weight excluding hydrogens is 371 g/mol. The molecule has 26 heavy (non-hydrogen) atoms. The number of piperidine rings is 1. The zero-order valence-corrected chi connectivity index (χ0v) is 16.7. The summed E-state index contributed by atoms with van der Waals surface area (Å²) in [5.41, 5.74) is 1.01. The van der Waals surface area contributed by atoms with Gasteiger partial charge in [0.2, 0.25) is 5.91 Å². The van der Waals surface area contributed by atoms with Crippen LogP contribution in [-0.2, 0) is 14.9 Å². The third-order valence-electron chi connectivity index (χ3n) is 6.58. The second kappa shape index (κ2) is 8.05. The third-order valence-corrected chi connectivity index (χ3v) is 6.81. The van der Waals surface area contributed by atoms with Gasteiger partial charge >= 0.3 is 0 Å². The molecule has 0 radical (unpaired) electrons. The number of halogens is 2. The average molecular weight is 399 g/mol. The van der Waals surface area contributed by atoms with Crippen molar-refractivity contribution >= 4 is 29.9 Å². The Hall–Kier alpha value is -0.810. The lowest BCUT2D eigenvalue weighted by Crippen LogP contribution is -2.53. The smallest absolute Gasteiger partial charge is 0.233 e. The number of hydrogen-bond acceptors (Lipinski definition) is 3. The van der Waals surface area contributed by atoms with E-state index < -0.39 is 5.41 Å². The SMILES string of the molecule is Cl.O=C(N1CCC2(CCNC2)CC1)C1(c2cccc(Cl)c2)CCOCC1. The number of hydrogen-bond donors (Lipinski definition) is 1. The molecule has 0 atom stereocenters. The van der Waals surface area contributed by atoms with E-state index in [1.807, 2.05) is 18.2 Å². The molecule has 1 amide bonds. The highest BCUT2D eigenvalue weighted by Crippen LogP contribution is 2.41. The Bertz CT molecular complexity index is 630. The molecule has 3 fully saturated rings. The summed E-state index contributed by atoms with van der Waals surface area (Å²) in [5.74, 6) is 0.277. The highest BCUT2D eigenvalue weighted by atomic mass is 35.5. The van der Waals surface area contributed by atoms with Crippen molar-refractivity contribution in [2.24, 2.45) is 5.41 Å². The Morgan fingerprint density at radius 3 is 2.46 bits per heavy atom. The molecule has 0 aliphatic carbocycles. The summed E-state index contributed by atoms with van der Waals surface area (Å²) in [6.45, 7) is 5.27. The topological polar surface area (TPSA) is 41.6 Å². The summed E-state index contributed by atoms with van der Waals surface area (Å²) >= 11 is 6.24. The molecule has 3 saturated heterocycles. The predicted molar refractivity (Wildman–Crippen MR) is 106 cm³/mol. The molecule has 1 aromatic carbocycles. The summed E-state index contributed by atoms with van der Waals surface area (Å²) < 4.78 is 5.58. The first-order valence-corrected chi connectivity index (χ1v) is 9.85. The van der Waals surface area contributed by atoms with Crippen LogP contribution in [0.25, 0.3) is 0 Å². The highest BCUT2D eigenvalue weighted by Gasteiger charge is 2.46. The van der Waals surface area contributed by atoms with Gasteiger partial charge in [0.05, 0.1) is 5.41 Å². The molecule has 3 aliphatic heterocycles. The van der Waals surface area contributed by atoms with E-state index in [1.54, 1.807) is 0 Å². The van der Waals surface area contributed by atoms with Crippen molar-refractivity contribution in [2.45, 2.75) is 37.5 Å². The minimum atomic E-state index is -0.471. The Kier molecular flexibility index (Phi) is 6.18. The van der Waals surface area contributed by atoms with Crippen LogP contribution in [0.2, 0.25) is 5.02 Å². The van der Waals surface area contributed by atoms with Crippen molar-refractivity contribution in [1.82, 2.24) is 10.2 Å². The Morgan fingerprint density at radius 2 is 1.85 bits per heavy atom. The van der Waals surface area contributed by atoms with Crippen molar-refractivity contribution < 1.29 is 9.53 Å². The first kappa shape index (κ1) is 19.9. The number of carbonyl (C=O) groups is 1. The fourth-order valence-electron chi connectivity index (χ4n) is 4.84. The van der Waals surface area contributed by atoms with Gasteiger partial charge < -0.3 is 15.0 Å². The summed E-state index contributed by atoms with van der Waals surface area (Å²) in [5, 5.41) is 4.19. The van der Waals surface area contributed by atoms with Gasteiger partial charge in [0.25, 0.3) is 0 Å². The maximum Gasteiger partial charge on any atom is 0.233 e. The van der Waals surface area contributed by atoms with Crippen molar-refractivity contribution in [3.63, 3.8) is 0 Å². The molecule has 0 aromatic heterocycles.